The van der Waals surface area contributed by atoms with Crippen LogP contribution in [-0.2, 0) is 6.51 Å². The molecule has 10 aliphatic heterocycles. The summed E-state index contributed by atoms with van der Waals surface area (Å²) in [6, 6.07) is 0. The second-order valence-electron chi connectivity index (χ2n) is 10.1. The third kappa shape index (κ3) is 0.0223. The molecule has 1 spiro atoms. The summed E-state index contributed by atoms with van der Waals surface area (Å²) in [4.78, 5) is 14.4. The summed E-state index contributed by atoms with van der Waals surface area (Å²) in [7, 11) is 1.69. The van der Waals surface area contributed by atoms with Crippen LogP contribution in [0.1, 0.15) is 0 Å². The van der Waals surface area contributed by atoms with E-state index in [1.54, 1.807) is 53.6 Å². The predicted molar refractivity (Wildman–Crippen MR) is 46.4 cm³/mol. The molecule has 10 fully saturated rings. The van der Waals surface area contributed by atoms with E-state index in [0.717, 1.165) is 0 Å². The molecule has 0 bridgehead atoms. The molecule has 10 rings (SSSR count). The Morgan fingerprint density at radius 2 is 1.17 bits per heavy atom. The summed E-state index contributed by atoms with van der Waals surface area (Å²) in [5.41, 5.74) is 0. The maximum atomic E-state index is 1.69. The van der Waals surface area contributed by atoms with Crippen molar-refractivity contribution < 1.29 is 6.51 Å². The molecule has 0 N–H and O–H groups in total. The van der Waals surface area contributed by atoms with Crippen molar-refractivity contribution in [1.29, 1.82) is 0 Å². The van der Waals surface area contributed by atoms with E-state index in [2.05, 4.69) is 0 Å². The van der Waals surface area contributed by atoms with Crippen LogP contribution < -0.4 is 0 Å². The monoisotopic (exact) mass is 216 g/mol. The van der Waals surface area contributed by atoms with Crippen molar-refractivity contribution in [2.45, 2.75) is 47.3 Å². The normalized spacial score (nSPS) is 164. The summed E-state index contributed by atoms with van der Waals surface area (Å²) >= 11 is 0. The molecule has 0 nitrogen and oxygen atoms in total. The van der Waals surface area contributed by atoms with E-state index in [-0.39, 0.29) is 0 Å². The first-order valence-corrected chi connectivity index (χ1v) is 13.0. The first-order valence-electron chi connectivity index (χ1n) is 5.76. The molecule has 4 atom stereocenters. The molecule has 2 heteroatoms. The SMILES string of the molecule is [SiH3][C]12[CH]3[CH]4[CH]5[CH]1[Fe]45321678[CH]2[CH]1[CH]6[CH]7[CH]28. The van der Waals surface area contributed by atoms with Gasteiger partial charge in [0.15, 0.2) is 0 Å². The number of fused-ring (bicyclic) bond motifs is 10. The van der Waals surface area contributed by atoms with Crippen molar-refractivity contribution in [2.24, 2.45) is 0 Å². The van der Waals surface area contributed by atoms with Crippen LogP contribution in [0.4, 0.5) is 0 Å². The zero-order valence-corrected chi connectivity index (χ0v) is 10.2. The molecule has 10 saturated heterocycles. The van der Waals surface area contributed by atoms with Gasteiger partial charge in [0.1, 0.15) is 0 Å². The fraction of sp³-hybridized carbons (Fsp3) is 1.00. The van der Waals surface area contributed by atoms with Crippen molar-refractivity contribution in [2.75, 3.05) is 0 Å². The molecule has 0 aromatic heterocycles. The second-order valence-corrected chi connectivity index (χ2v) is 36.5. The van der Waals surface area contributed by atoms with Crippen LogP contribution in [-0.4, -0.2) is 10.2 Å². The van der Waals surface area contributed by atoms with E-state index < -0.39 is 6.51 Å². The van der Waals surface area contributed by atoms with Gasteiger partial charge in [0, 0.05) is 0 Å². The Morgan fingerprint density at radius 3 is 1.17 bits per heavy atom. The molecular formula is C10H12FeSi. The Balaban J connectivity index is 2.31. The van der Waals surface area contributed by atoms with Gasteiger partial charge in [-0.3, -0.25) is 0 Å². The molecule has 0 aromatic rings. The van der Waals surface area contributed by atoms with Crippen LogP contribution in [0, 0.1) is 0 Å². The molecule has 12 heavy (non-hydrogen) atoms. The van der Waals surface area contributed by atoms with Gasteiger partial charge in [-0.15, -0.1) is 0 Å². The Bertz CT molecular complexity index is 755. The molecule has 0 amide bonds. The van der Waals surface area contributed by atoms with Crippen molar-refractivity contribution in [1.82, 2.24) is 0 Å². The van der Waals surface area contributed by atoms with Crippen LogP contribution in [0.3, 0.4) is 0 Å². The molecule has 10 heterocycles. The van der Waals surface area contributed by atoms with Crippen molar-refractivity contribution in [3.05, 3.63) is 0 Å². The van der Waals surface area contributed by atoms with Gasteiger partial charge in [-0.2, -0.15) is 0 Å². The van der Waals surface area contributed by atoms with E-state index in [0.29, 0.717) is 0 Å². The van der Waals surface area contributed by atoms with Crippen molar-refractivity contribution in [3.8, 4) is 0 Å². The molecule has 10 aliphatic rings. The zero-order chi connectivity index (χ0) is 7.01. The standard InChI is InChI=1S/C5H7Si.C5H5.Fe/c6-5-3-1-2-4-5;1-2-4-5-3-1;/h1-4H,6H3;1-5H;. The third-order valence-electron chi connectivity index (χ3n) is 15.4. The van der Waals surface area contributed by atoms with E-state index >= 15 is 0 Å². The molecule has 0 radical (unpaired) electrons. The minimum absolute atomic E-state index is 1.33. The molecular weight excluding hydrogens is 204 g/mol. The van der Waals surface area contributed by atoms with E-state index in [1.165, 1.54) is 3.94 Å². The van der Waals surface area contributed by atoms with E-state index in [9.17, 15) is 0 Å². The number of rotatable bonds is 0. The Labute approximate surface area is 64.2 Å². The van der Waals surface area contributed by atoms with Crippen molar-refractivity contribution >= 4 is 10.2 Å². The minimum atomic E-state index is -2.39. The quantitative estimate of drug-likeness (QED) is 0.544. The van der Waals surface area contributed by atoms with Crippen molar-refractivity contribution in [3.63, 3.8) is 0 Å². The first kappa shape index (κ1) is 3.71. The van der Waals surface area contributed by atoms with Gasteiger partial charge in [0.25, 0.3) is 0 Å². The van der Waals surface area contributed by atoms with Crippen LogP contribution in [0.25, 0.3) is 0 Å². The van der Waals surface area contributed by atoms with Gasteiger partial charge in [0.2, 0.25) is 0 Å². The van der Waals surface area contributed by atoms with Crippen LogP contribution in [0.15, 0.2) is 0 Å². The maximum absolute atomic E-state index is 2.39. The molecule has 0 saturated carbocycles. The zero-order valence-electron chi connectivity index (χ0n) is 7.05. The number of hydrogen-bond acceptors (Lipinski definition) is 0. The molecule has 0 aliphatic carbocycles. The first-order chi connectivity index (χ1) is 5.55. The van der Waals surface area contributed by atoms with Gasteiger partial charge < -0.3 is 0 Å². The molecule has 0 aromatic carbocycles. The average Bonchev–Trinajstić information content (AvgIpc) is 2.97. The summed E-state index contributed by atoms with van der Waals surface area (Å²) in [6.07, 6.45) is 0. The fourth-order valence-corrected chi connectivity index (χ4v) is 110. The van der Waals surface area contributed by atoms with Gasteiger partial charge in [-0.1, -0.05) is 0 Å². The summed E-state index contributed by atoms with van der Waals surface area (Å²) in [5.74, 6) is 0. The molecule has 64 valence electrons. The van der Waals surface area contributed by atoms with E-state index in [1.807, 2.05) is 0 Å². The van der Waals surface area contributed by atoms with Crippen LogP contribution >= 0.6 is 0 Å². The molecule has 4 unspecified atom stereocenters. The van der Waals surface area contributed by atoms with Gasteiger partial charge in [-0.25, -0.2) is 0 Å². The Hall–Kier alpha value is 0.736. The van der Waals surface area contributed by atoms with Gasteiger partial charge >= 0.3 is 64.0 Å². The topological polar surface area (TPSA) is 0 Å². The Morgan fingerprint density at radius 1 is 0.750 bits per heavy atom. The van der Waals surface area contributed by atoms with Crippen LogP contribution in [0.5, 0.6) is 0 Å². The summed E-state index contributed by atoms with van der Waals surface area (Å²) < 4.78 is 1.33. The second kappa shape index (κ2) is 0.218. The van der Waals surface area contributed by atoms with E-state index in [4.69, 9.17) is 0 Å². The fourth-order valence-electron chi connectivity index (χ4n) is 17.3. The van der Waals surface area contributed by atoms with Gasteiger partial charge in [-0.05, 0) is 0 Å². The summed E-state index contributed by atoms with van der Waals surface area (Å²) in [6.45, 7) is -2.39. The predicted octanol–water partition coefficient (Wildman–Crippen LogP) is 2.07. The van der Waals surface area contributed by atoms with Gasteiger partial charge in [0.05, 0.1) is 0 Å². The third-order valence-corrected chi connectivity index (χ3v) is 69.1. The van der Waals surface area contributed by atoms with Crippen LogP contribution in [0.2, 0.25) is 47.3 Å². The summed E-state index contributed by atoms with van der Waals surface area (Å²) in [5, 5.41) is 0. The number of hydrogen-bond donors (Lipinski definition) is 0. The Kier molecular flexibility index (Phi) is 0.0675. The average molecular weight is 216 g/mol.